The average Bonchev–Trinajstić information content (AvgIpc) is 3.17. The fourth-order valence-electron chi connectivity index (χ4n) is 7.69. The molecule has 0 saturated heterocycles. The van der Waals surface area contributed by atoms with E-state index < -0.39 is 0 Å². The summed E-state index contributed by atoms with van der Waals surface area (Å²) in [6.45, 7) is 0. The van der Waals surface area contributed by atoms with Crippen LogP contribution in [-0.2, 0) is 0 Å². The second-order valence-electron chi connectivity index (χ2n) is 12.9. The SMILES string of the molecule is c1ccc2c(-c3ccc(-c4ccc5c(c4)Oc4cccc6c(-c7ccc(-c8cccc9ccccc89)cc7)ccc-5c46)cc3)cccc2c1. The van der Waals surface area contributed by atoms with Crippen molar-refractivity contribution in [2.75, 3.05) is 0 Å². The van der Waals surface area contributed by atoms with Gasteiger partial charge in [-0.2, -0.15) is 0 Å². The molecule has 0 spiro atoms. The predicted molar refractivity (Wildman–Crippen MR) is 206 cm³/mol. The summed E-state index contributed by atoms with van der Waals surface area (Å²) in [6.07, 6.45) is 0. The monoisotopic (exact) mass is 622 g/mol. The van der Waals surface area contributed by atoms with Gasteiger partial charge in [0.1, 0.15) is 11.5 Å². The summed E-state index contributed by atoms with van der Waals surface area (Å²) in [7, 11) is 0. The highest BCUT2D eigenvalue weighted by Crippen LogP contribution is 2.49. The van der Waals surface area contributed by atoms with E-state index in [1.54, 1.807) is 0 Å². The molecule has 0 fully saturated rings. The first-order chi connectivity index (χ1) is 24.3. The van der Waals surface area contributed by atoms with Crippen LogP contribution in [0.2, 0.25) is 0 Å². The molecular weight excluding hydrogens is 593 g/mol. The Morgan fingerprint density at radius 2 is 0.714 bits per heavy atom. The van der Waals surface area contributed by atoms with E-state index in [0.717, 1.165) is 28.0 Å². The zero-order chi connectivity index (χ0) is 32.3. The molecule has 9 aromatic carbocycles. The van der Waals surface area contributed by atoms with Crippen LogP contribution in [0.5, 0.6) is 11.5 Å². The molecule has 1 heterocycles. The molecule has 49 heavy (non-hydrogen) atoms. The Hall–Kier alpha value is -6.44. The molecule has 0 aliphatic carbocycles. The Kier molecular flexibility index (Phi) is 6.25. The smallest absolute Gasteiger partial charge is 0.135 e. The van der Waals surface area contributed by atoms with E-state index in [-0.39, 0.29) is 0 Å². The van der Waals surface area contributed by atoms with Crippen molar-refractivity contribution in [1.29, 1.82) is 0 Å². The minimum absolute atomic E-state index is 0.892. The molecule has 0 amide bonds. The van der Waals surface area contributed by atoms with Crippen LogP contribution in [-0.4, -0.2) is 0 Å². The Morgan fingerprint density at radius 1 is 0.265 bits per heavy atom. The van der Waals surface area contributed by atoms with Gasteiger partial charge in [-0.1, -0.05) is 164 Å². The molecule has 228 valence electrons. The normalized spacial score (nSPS) is 11.8. The van der Waals surface area contributed by atoms with Crippen LogP contribution in [0.1, 0.15) is 0 Å². The van der Waals surface area contributed by atoms with E-state index in [4.69, 9.17) is 4.74 Å². The highest BCUT2D eigenvalue weighted by atomic mass is 16.5. The van der Waals surface area contributed by atoms with Crippen LogP contribution < -0.4 is 4.74 Å². The van der Waals surface area contributed by atoms with Gasteiger partial charge >= 0.3 is 0 Å². The van der Waals surface area contributed by atoms with Crippen LogP contribution >= 0.6 is 0 Å². The number of rotatable bonds is 4. The molecule has 9 aromatic rings. The predicted octanol–water partition coefficient (Wildman–Crippen LogP) is 13.6. The van der Waals surface area contributed by atoms with Crippen LogP contribution in [0, 0.1) is 0 Å². The van der Waals surface area contributed by atoms with Gasteiger partial charge in [0.2, 0.25) is 0 Å². The first-order valence-corrected chi connectivity index (χ1v) is 16.8. The minimum Gasteiger partial charge on any atom is -0.456 e. The van der Waals surface area contributed by atoms with Gasteiger partial charge in [0.05, 0.1) is 0 Å². The third kappa shape index (κ3) is 4.55. The summed E-state index contributed by atoms with van der Waals surface area (Å²) in [4.78, 5) is 0. The van der Waals surface area contributed by atoms with Gasteiger partial charge in [-0.25, -0.2) is 0 Å². The quantitative estimate of drug-likeness (QED) is 0.190. The summed E-state index contributed by atoms with van der Waals surface area (Å²) < 4.78 is 6.66. The molecule has 1 nitrogen and oxygen atoms in total. The number of benzene rings is 9. The van der Waals surface area contributed by atoms with Crippen LogP contribution in [0.3, 0.4) is 0 Å². The lowest BCUT2D eigenvalue weighted by atomic mass is 9.88. The number of hydrogen-bond donors (Lipinski definition) is 0. The maximum atomic E-state index is 6.66. The third-order valence-corrected chi connectivity index (χ3v) is 10.1. The number of ether oxygens (including phenoxy) is 1. The maximum Gasteiger partial charge on any atom is 0.135 e. The number of fused-ring (bicyclic) bond motifs is 4. The molecule has 0 bridgehead atoms. The van der Waals surface area contributed by atoms with Gasteiger partial charge in [0.25, 0.3) is 0 Å². The second-order valence-corrected chi connectivity index (χ2v) is 12.9. The second kappa shape index (κ2) is 11.1. The van der Waals surface area contributed by atoms with Gasteiger partial charge in [0.15, 0.2) is 0 Å². The van der Waals surface area contributed by atoms with E-state index in [1.165, 1.54) is 71.4 Å². The van der Waals surface area contributed by atoms with Crippen molar-refractivity contribution in [3.05, 3.63) is 182 Å². The lowest BCUT2D eigenvalue weighted by molar-refractivity contribution is 0.487. The van der Waals surface area contributed by atoms with E-state index in [1.807, 2.05) is 0 Å². The summed E-state index contributed by atoms with van der Waals surface area (Å²) in [5.41, 5.74) is 12.0. The first kappa shape index (κ1) is 27.7. The third-order valence-electron chi connectivity index (χ3n) is 10.1. The molecule has 0 aromatic heterocycles. The Labute approximate surface area is 285 Å². The molecule has 0 unspecified atom stereocenters. The lowest BCUT2D eigenvalue weighted by Gasteiger charge is -2.23. The van der Waals surface area contributed by atoms with Crippen LogP contribution in [0.4, 0.5) is 0 Å². The Bertz CT molecular complexity index is 2710. The molecule has 0 radical (unpaired) electrons. The van der Waals surface area contributed by atoms with Crippen molar-refractivity contribution in [1.82, 2.24) is 0 Å². The van der Waals surface area contributed by atoms with Crippen molar-refractivity contribution >= 4 is 32.3 Å². The molecule has 0 saturated carbocycles. The van der Waals surface area contributed by atoms with Crippen molar-refractivity contribution in [3.63, 3.8) is 0 Å². The topological polar surface area (TPSA) is 9.23 Å². The Morgan fingerprint density at radius 3 is 1.35 bits per heavy atom. The highest BCUT2D eigenvalue weighted by molar-refractivity contribution is 6.10. The van der Waals surface area contributed by atoms with Gasteiger partial charge in [0, 0.05) is 10.9 Å². The van der Waals surface area contributed by atoms with Crippen molar-refractivity contribution in [3.8, 4) is 67.1 Å². The molecule has 1 aliphatic rings. The van der Waals surface area contributed by atoms with E-state index in [0.29, 0.717) is 0 Å². The molecular formula is C48H30O. The number of hydrogen-bond acceptors (Lipinski definition) is 1. The minimum atomic E-state index is 0.892. The highest BCUT2D eigenvalue weighted by Gasteiger charge is 2.22. The molecule has 1 aliphatic heterocycles. The van der Waals surface area contributed by atoms with Gasteiger partial charge in [-0.05, 0) is 95.2 Å². The average molecular weight is 623 g/mol. The van der Waals surface area contributed by atoms with E-state index >= 15 is 0 Å². The molecule has 1 heteroatoms. The standard InChI is InChI=1S/C48H30O/c1-3-12-38-32(8-1)10-5-14-40(38)34-20-18-31(19-21-34)37-26-27-43-45-29-28-42(44-16-7-17-46(48(44)45)49-47(43)30-37)36-24-22-35(23-25-36)41-15-6-11-33-9-2-4-13-39(33)41/h1-30H. The molecule has 0 atom stereocenters. The van der Waals surface area contributed by atoms with Crippen LogP contribution in [0.25, 0.3) is 88.0 Å². The summed E-state index contributed by atoms with van der Waals surface area (Å²) >= 11 is 0. The van der Waals surface area contributed by atoms with E-state index in [2.05, 4.69) is 182 Å². The van der Waals surface area contributed by atoms with Crippen molar-refractivity contribution in [2.24, 2.45) is 0 Å². The summed E-state index contributed by atoms with van der Waals surface area (Å²) in [6, 6.07) is 65.6. The fraction of sp³-hybridized carbons (Fsp3) is 0. The summed E-state index contributed by atoms with van der Waals surface area (Å²) in [5, 5.41) is 7.43. The van der Waals surface area contributed by atoms with Gasteiger partial charge in [-0.15, -0.1) is 0 Å². The molecule has 10 rings (SSSR count). The Balaban J connectivity index is 0.991. The lowest BCUT2D eigenvalue weighted by Crippen LogP contribution is -1.98. The van der Waals surface area contributed by atoms with Crippen molar-refractivity contribution in [2.45, 2.75) is 0 Å². The fourth-order valence-corrected chi connectivity index (χ4v) is 7.69. The zero-order valence-electron chi connectivity index (χ0n) is 26.7. The zero-order valence-corrected chi connectivity index (χ0v) is 26.7. The maximum absolute atomic E-state index is 6.66. The first-order valence-electron chi connectivity index (χ1n) is 16.8. The van der Waals surface area contributed by atoms with Gasteiger partial charge in [-0.3, -0.25) is 0 Å². The summed E-state index contributed by atoms with van der Waals surface area (Å²) in [5.74, 6) is 1.79. The largest absolute Gasteiger partial charge is 0.456 e. The van der Waals surface area contributed by atoms with Crippen LogP contribution in [0.15, 0.2) is 182 Å². The van der Waals surface area contributed by atoms with E-state index in [9.17, 15) is 0 Å². The van der Waals surface area contributed by atoms with Crippen molar-refractivity contribution < 1.29 is 4.74 Å². The molecule has 0 N–H and O–H groups in total. The van der Waals surface area contributed by atoms with Gasteiger partial charge < -0.3 is 4.74 Å².